The van der Waals surface area contributed by atoms with Crippen molar-refractivity contribution in [2.45, 2.75) is 6.92 Å². The maximum absolute atomic E-state index is 10.8. The molecule has 1 aliphatic rings. The zero-order valence-electron chi connectivity index (χ0n) is 11.1. The molecule has 1 saturated heterocycles. The molecule has 0 radical (unpaired) electrons. The minimum Gasteiger partial charge on any atom is -0.492 e. The van der Waals surface area contributed by atoms with Crippen LogP contribution in [0.15, 0.2) is 18.2 Å². The molecule has 1 aromatic rings. The summed E-state index contributed by atoms with van der Waals surface area (Å²) in [6.45, 7) is 7.20. The molecular weight excluding hydrogens is 246 g/mol. The molecule has 19 heavy (non-hydrogen) atoms. The molecule has 0 spiro atoms. The number of nitro groups is 1. The van der Waals surface area contributed by atoms with Crippen LogP contribution in [0.3, 0.4) is 0 Å². The summed E-state index contributed by atoms with van der Waals surface area (Å²) in [6, 6.07) is 4.93. The van der Waals surface area contributed by atoms with E-state index in [1.165, 1.54) is 6.07 Å². The molecule has 0 aliphatic carbocycles. The maximum Gasteiger partial charge on any atom is 0.276 e. The lowest BCUT2D eigenvalue weighted by molar-refractivity contribution is -0.385. The van der Waals surface area contributed by atoms with Gasteiger partial charge in [0.2, 0.25) is 0 Å². The normalized spacial score (nSPS) is 16.3. The van der Waals surface area contributed by atoms with Crippen LogP contribution in [-0.4, -0.2) is 49.2 Å². The molecule has 0 bridgehead atoms. The monoisotopic (exact) mass is 265 g/mol. The van der Waals surface area contributed by atoms with E-state index in [-0.39, 0.29) is 10.6 Å². The Balaban J connectivity index is 1.88. The number of nitro benzene ring substituents is 1. The third-order valence-corrected chi connectivity index (χ3v) is 3.33. The summed E-state index contributed by atoms with van der Waals surface area (Å²) >= 11 is 0. The minimum absolute atomic E-state index is 0.111. The molecule has 6 nitrogen and oxygen atoms in total. The highest BCUT2D eigenvalue weighted by molar-refractivity contribution is 5.48. The average molecular weight is 265 g/mol. The second-order valence-electron chi connectivity index (χ2n) is 4.60. The Morgan fingerprint density at radius 3 is 2.84 bits per heavy atom. The lowest BCUT2D eigenvalue weighted by Crippen LogP contribution is -2.44. The molecule has 0 amide bonds. The number of nitrogens with zero attached hydrogens (tertiary/aromatic N) is 2. The summed E-state index contributed by atoms with van der Waals surface area (Å²) in [4.78, 5) is 12.8. The van der Waals surface area contributed by atoms with Crippen molar-refractivity contribution in [3.8, 4) is 5.75 Å². The van der Waals surface area contributed by atoms with Crippen LogP contribution in [0.1, 0.15) is 5.56 Å². The van der Waals surface area contributed by atoms with Gasteiger partial charge in [0.25, 0.3) is 5.69 Å². The highest BCUT2D eigenvalue weighted by atomic mass is 16.6. The first-order valence-electron chi connectivity index (χ1n) is 6.48. The van der Waals surface area contributed by atoms with Crippen molar-refractivity contribution >= 4 is 5.69 Å². The molecule has 1 aromatic carbocycles. The molecule has 1 heterocycles. The molecule has 0 unspecified atom stereocenters. The van der Waals surface area contributed by atoms with E-state index in [0.717, 1.165) is 32.7 Å². The summed E-state index contributed by atoms with van der Waals surface area (Å²) in [5.41, 5.74) is 0.701. The van der Waals surface area contributed by atoms with Gasteiger partial charge in [-0.3, -0.25) is 15.0 Å². The van der Waals surface area contributed by atoms with Crippen LogP contribution in [-0.2, 0) is 0 Å². The van der Waals surface area contributed by atoms with Crippen LogP contribution >= 0.6 is 0 Å². The quantitative estimate of drug-likeness (QED) is 0.639. The Morgan fingerprint density at radius 1 is 1.42 bits per heavy atom. The second kappa shape index (κ2) is 6.49. The van der Waals surface area contributed by atoms with Crippen molar-refractivity contribution in [3.05, 3.63) is 33.9 Å². The van der Waals surface area contributed by atoms with Crippen molar-refractivity contribution in [2.75, 3.05) is 39.3 Å². The Bertz CT molecular complexity index is 445. The zero-order chi connectivity index (χ0) is 13.7. The van der Waals surface area contributed by atoms with E-state index in [9.17, 15) is 10.1 Å². The molecule has 1 N–H and O–H groups in total. The van der Waals surface area contributed by atoms with Crippen molar-refractivity contribution in [1.82, 2.24) is 10.2 Å². The van der Waals surface area contributed by atoms with Gasteiger partial charge in [-0.1, -0.05) is 6.07 Å². The molecular formula is C13H19N3O3. The predicted octanol–water partition coefficient (Wildman–Crippen LogP) is 1.19. The zero-order valence-corrected chi connectivity index (χ0v) is 11.1. The molecule has 0 atom stereocenters. The molecule has 6 heteroatoms. The van der Waals surface area contributed by atoms with Gasteiger partial charge in [-0.25, -0.2) is 0 Å². The van der Waals surface area contributed by atoms with E-state index < -0.39 is 0 Å². The first-order chi connectivity index (χ1) is 9.18. The van der Waals surface area contributed by atoms with Crippen molar-refractivity contribution in [2.24, 2.45) is 0 Å². The van der Waals surface area contributed by atoms with Gasteiger partial charge in [-0.05, 0) is 13.0 Å². The Morgan fingerprint density at radius 2 is 2.16 bits per heavy atom. The topological polar surface area (TPSA) is 67.6 Å². The highest BCUT2D eigenvalue weighted by Gasteiger charge is 2.14. The van der Waals surface area contributed by atoms with Crippen LogP contribution in [0.5, 0.6) is 5.75 Å². The predicted molar refractivity (Wildman–Crippen MR) is 72.6 cm³/mol. The Kier molecular flexibility index (Phi) is 4.70. The molecule has 1 fully saturated rings. The number of ether oxygens (including phenoxy) is 1. The number of benzene rings is 1. The maximum atomic E-state index is 10.8. The van der Waals surface area contributed by atoms with Gasteiger partial charge in [0.05, 0.1) is 10.5 Å². The average Bonchev–Trinajstić information content (AvgIpc) is 2.41. The smallest absolute Gasteiger partial charge is 0.276 e. The molecule has 0 aromatic heterocycles. The Hall–Kier alpha value is -1.66. The third-order valence-electron chi connectivity index (χ3n) is 3.33. The van der Waals surface area contributed by atoms with Crippen LogP contribution in [0, 0.1) is 17.0 Å². The molecule has 2 rings (SSSR count). The lowest BCUT2D eigenvalue weighted by atomic mass is 10.2. The molecule has 104 valence electrons. The molecule has 0 saturated carbocycles. The van der Waals surface area contributed by atoms with Gasteiger partial charge >= 0.3 is 0 Å². The van der Waals surface area contributed by atoms with Crippen LogP contribution in [0.25, 0.3) is 0 Å². The molecule has 1 aliphatic heterocycles. The van der Waals surface area contributed by atoms with Gasteiger partial charge in [0.1, 0.15) is 12.4 Å². The summed E-state index contributed by atoms with van der Waals surface area (Å²) in [5.74, 6) is 0.601. The first kappa shape index (κ1) is 13.8. The van der Waals surface area contributed by atoms with Crippen LogP contribution < -0.4 is 10.1 Å². The standard InChI is InChI=1S/C13H19N3O3/c1-11-12(16(17)18)3-2-4-13(11)19-10-9-15-7-5-14-6-8-15/h2-4,14H,5-10H2,1H3. The SMILES string of the molecule is Cc1c(OCCN2CCNCC2)cccc1[N+](=O)[O-]. The fourth-order valence-electron chi connectivity index (χ4n) is 2.18. The number of hydrogen-bond donors (Lipinski definition) is 1. The second-order valence-corrected chi connectivity index (χ2v) is 4.60. The summed E-state index contributed by atoms with van der Waals surface area (Å²) < 4.78 is 5.66. The van der Waals surface area contributed by atoms with Crippen molar-refractivity contribution in [3.63, 3.8) is 0 Å². The minimum atomic E-state index is -0.376. The number of piperazine rings is 1. The van der Waals surface area contributed by atoms with Crippen molar-refractivity contribution in [1.29, 1.82) is 0 Å². The van der Waals surface area contributed by atoms with E-state index in [0.29, 0.717) is 17.9 Å². The largest absolute Gasteiger partial charge is 0.492 e. The Labute approximate surface area is 112 Å². The number of rotatable bonds is 5. The van der Waals surface area contributed by atoms with Crippen molar-refractivity contribution < 1.29 is 9.66 Å². The van der Waals surface area contributed by atoms with E-state index in [2.05, 4.69) is 10.2 Å². The van der Waals surface area contributed by atoms with Gasteiger partial charge < -0.3 is 10.1 Å². The first-order valence-corrected chi connectivity index (χ1v) is 6.48. The van der Waals surface area contributed by atoms with E-state index >= 15 is 0 Å². The van der Waals surface area contributed by atoms with Gasteiger partial charge in [-0.2, -0.15) is 0 Å². The summed E-state index contributed by atoms with van der Waals surface area (Å²) in [5, 5.41) is 14.1. The summed E-state index contributed by atoms with van der Waals surface area (Å²) in [7, 11) is 0. The van der Waals surface area contributed by atoms with Crippen LogP contribution in [0.2, 0.25) is 0 Å². The van der Waals surface area contributed by atoms with Crippen LogP contribution in [0.4, 0.5) is 5.69 Å². The highest BCUT2D eigenvalue weighted by Crippen LogP contribution is 2.26. The van der Waals surface area contributed by atoms with Gasteiger partial charge in [0.15, 0.2) is 0 Å². The fourth-order valence-corrected chi connectivity index (χ4v) is 2.18. The third kappa shape index (κ3) is 3.65. The number of hydrogen-bond acceptors (Lipinski definition) is 5. The van der Waals surface area contributed by atoms with Gasteiger partial charge in [-0.15, -0.1) is 0 Å². The number of nitrogens with one attached hydrogen (secondary N) is 1. The summed E-state index contributed by atoms with van der Waals surface area (Å²) in [6.07, 6.45) is 0. The fraction of sp³-hybridized carbons (Fsp3) is 0.538. The van der Waals surface area contributed by atoms with E-state index in [1.54, 1.807) is 19.1 Å². The van der Waals surface area contributed by atoms with Gasteiger partial charge in [0, 0.05) is 38.8 Å². The lowest BCUT2D eigenvalue weighted by Gasteiger charge is -2.27. The van der Waals surface area contributed by atoms with E-state index in [4.69, 9.17) is 4.74 Å². The van der Waals surface area contributed by atoms with E-state index in [1.807, 2.05) is 0 Å².